The number of aliphatic carboxylic acids is 2. The zero-order chi connectivity index (χ0) is 23.2. The Morgan fingerprint density at radius 1 is 0.871 bits per heavy atom. The zero-order valence-electron chi connectivity index (χ0n) is 18.4. The van der Waals surface area contributed by atoms with Crippen molar-refractivity contribution in [2.24, 2.45) is 5.92 Å². The first kappa shape index (κ1) is 25.5. The molecule has 2 rings (SSSR count). The lowest BCUT2D eigenvalue weighted by Crippen LogP contribution is -2.02. The second-order valence-corrected chi connectivity index (χ2v) is 7.11. The molecule has 0 saturated heterocycles. The summed E-state index contributed by atoms with van der Waals surface area (Å²) in [6.07, 6.45) is 4.68. The predicted octanol–water partition coefficient (Wildman–Crippen LogP) is 5.36. The number of ether oxygens (including phenoxy) is 2. The SMILES string of the molecule is COC(=Cc1ccccc1)C(=O)O.COc1ccc(C=C(CCC(C)C)C(=O)O)cc1. The molecule has 0 aliphatic rings. The average Bonchev–Trinajstić information content (AvgIpc) is 2.76. The minimum Gasteiger partial charge on any atom is -0.497 e. The van der Waals surface area contributed by atoms with Gasteiger partial charge < -0.3 is 19.7 Å². The minimum atomic E-state index is -1.06. The topological polar surface area (TPSA) is 93.1 Å². The quantitative estimate of drug-likeness (QED) is 0.414. The van der Waals surface area contributed by atoms with Gasteiger partial charge in [0.15, 0.2) is 0 Å². The Labute approximate surface area is 183 Å². The van der Waals surface area contributed by atoms with E-state index >= 15 is 0 Å². The Balaban J connectivity index is 0.000000327. The number of carboxylic acid groups (broad SMARTS) is 2. The van der Waals surface area contributed by atoms with Crippen LogP contribution in [0.5, 0.6) is 5.75 Å². The van der Waals surface area contributed by atoms with Crippen molar-refractivity contribution in [3.63, 3.8) is 0 Å². The van der Waals surface area contributed by atoms with Gasteiger partial charge in [-0.3, -0.25) is 0 Å². The van der Waals surface area contributed by atoms with Crippen molar-refractivity contribution in [2.45, 2.75) is 26.7 Å². The molecule has 0 heterocycles. The van der Waals surface area contributed by atoms with E-state index in [0.29, 0.717) is 17.9 Å². The van der Waals surface area contributed by atoms with Crippen LogP contribution in [0.25, 0.3) is 12.2 Å². The molecular formula is C25H30O6. The third-order valence-corrected chi connectivity index (χ3v) is 4.25. The van der Waals surface area contributed by atoms with Crippen molar-refractivity contribution in [2.75, 3.05) is 14.2 Å². The van der Waals surface area contributed by atoms with Crippen molar-refractivity contribution in [1.29, 1.82) is 0 Å². The molecule has 2 aromatic carbocycles. The van der Waals surface area contributed by atoms with Crippen LogP contribution in [0.15, 0.2) is 65.9 Å². The highest BCUT2D eigenvalue weighted by Gasteiger charge is 2.08. The van der Waals surface area contributed by atoms with Crippen molar-refractivity contribution in [3.05, 3.63) is 77.1 Å². The van der Waals surface area contributed by atoms with E-state index in [0.717, 1.165) is 23.3 Å². The van der Waals surface area contributed by atoms with Crippen LogP contribution < -0.4 is 4.74 Å². The average molecular weight is 427 g/mol. The van der Waals surface area contributed by atoms with Gasteiger partial charge in [-0.1, -0.05) is 56.3 Å². The summed E-state index contributed by atoms with van der Waals surface area (Å²) < 4.78 is 9.74. The van der Waals surface area contributed by atoms with Crippen LogP contribution in [0.4, 0.5) is 0 Å². The summed E-state index contributed by atoms with van der Waals surface area (Å²) >= 11 is 0. The predicted molar refractivity (Wildman–Crippen MR) is 122 cm³/mol. The van der Waals surface area contributed by atoms with Crippen molar-refractivity contribution >= 4 is 24.1 Å². The summed E-state index contributed by atoms with van der Waals surface area (Å²) in [5, 5.41) is 17.8. The molecule has 6 nitrogen and oxygen atoms in total. The van der Waals surface area contributed by atoms with Crippen LogP contribution in [-0.4, -0.2) is 36.4 Å². The number of hydrogen-bond acceptors (Lipinski definition) is 4. The van der Waals surface area contributed by atoms with Crippen LogP contribution in [0.2, 0.25) is 0 Å². The smallest absolute Gasteiger partial charge is 0.371 e. The summed E-state index contributed by atoms with van der Waals surface area (Å²) in [7, 11) is 2.94. The number of rotatable bonds is 9. The second-order valence-electron chi connectivity index (χ2n) is 7.11. The molecule has 31 heavy (non-hydrogen) atoms. The van der Waals surface area contributed by atoms with E-state index in [2.05, 4.69) is 18.6 Å². The van der Waals surface area contributed by atoms with Crippen molar-refractivity contribution < 1.29 is 29.3 Å². The lowest BCUT2D eigenvalue weighted by atomic mass is 10.0. The van der Waals surface area contributed by atoms with Crippen LogP contribution in [0, 0.1) is 5.92 Å². The molecular weight excluding hydrogens is 396 g/mol. The highest BCUT2D eigenvalue weighted by atomic mass is 16.5. The molecule has 0 fully saturated rings. The maximum atomic E-state index is 11.1. The van der Waals surface area contributed by atoms with E-state index in [4.69, 9.17) is 14.9 Å². The van der Waals surface area contributed by atoms with Gasteiger partial charge in [0.25, 0.3) is 0 Å². The van der Waals surface area contributed by atoms with Gasteiger partial charge in [-0.25, -0.2) is 9.59 Å². The molecule has 6 heteroatoms. The van der Waals surface area contributed by atoms with Gasteiger partial charge in [0.2, 0.25) is 5.76 Å². The van der Waals surface area contributed by atoms with Crippen LogP contribution in [-0.2, 0) is 14.3 Å². The number of carbonyl (C=O) groups is 2. The summed E-state index contributed by atoms with van der Waals surface area (Å²) in [4.78, 5) is 21.7. The van der Waals surface area contributed by atoms with Crippen LogP contribution >= 0.6 is 0 Å². The maximum Gasteiger partial charge on any atom is 0.371 e. The van der Waals surface area contributed by atoms with E-state index in [1.807, 2.05) is 54.6 Å². The zero-order valence-corrected chi connectivity index (χ0v) is 18.4. The maximum absolute atomic E-state index is 11.1. The number of hydrogen-bond donors (Lipinski definition) is 2. The molecule has 0 atom stereocenters. The number of benzene rings is 2. The van der Waals surface area contributed by atoms with Gasteiger partial charge in [-0.2, -0.15) is 0 Å². The summed E-state index contributed by atoms with van der Waals surface area (Å²) in [6.45, 7) is 4.18. The molecule has 166 valence electrons. The molecule has 0 amide bonds. The lowest BCUT2D eigenvalue weighted by Gasteiger charge is -2.06. The van der Waals surface area contributed by atoms with Gasteiger partial charge in [0.05, 0.1) is 14.2 Å². The Bertz CT molecular complexity index is 880. The van der Waals surface area contributed by atoms with E-state index in [1.54, 1.807) is 13.2 Å². The third-order valence-electron chi connectivity index (χ3n) is 4.25. The highest BCUT2D eigenvalue weighted by molar-refractivity contribution is 5.92. The molecule has 0 aromatic heterocycles. The third kappa shape index (κ3) is 10.2. The van der Waals surface area contributed by atoms with Crippen LogP contribution in [0.1, 0.15) is 37.8 Å². The molecule has 0 aliphatic carbocycles. The van der Waals surface area contributed by atoms with Gasteiger partial charge >= 0.3 is 11.9 Å². The first-order valence-electron chi connectivity index (χ1n) is 9.88. The second kappa shape index (κ2) is 13.6. The first-order valence-corrected chi connectivity index (χ1v) is 9.88. The fourth-order valence-corrected chi connectivity index (χ4v) is 2.49. The Hall–Kier alpha value is -3.54. The summed E-state index contributed by atoms with van der Waals surface area (Å²) in [5.74, 6) is -0.696. The largest absolute Gasteiger partial charge is 0.497 e. The monoisotopic (exact) mass is 426 g/mol. The normalized spacial score (nSPS) is 11.4. The molecule has 0 spiro atoms. The summed E-state index contributed by atoms with van der Waals surface area (Å²) in [6, 6.07) is 16.5. The Kier molecular flexibility index (Phi) is 11.2. The first-order chi connectivity index (χ1) is 14.8. The molecule has 0 radical (unpaired) electrons. The van der Waals surface area contributed by atoms with Crippen molar-refractivity contribution in [1.82, 2.24) is 0 Å². The van der Waals surface area contributed by atoms with Gasteiger partial charge in [0.1, 0.15) is 5.75 Å². The Morgan fingerprint density at radius 3 is 1.90 bits per heavy atom. The molecule has 0 unspecified atom stereocenters. The lowest BCUT2D eigenvalue weighted by molar-refractivity contribution is -0.136. The van der Waals surface area contributed by atoms with Crippen molar-refractivity contribution in [3.8, 4) is 5.75 Å². The summed E-state index contributed by atoms with van der Waals surface area (Å²) in [5.41, 5.74) is 2.15. The van der Waals surface area contributed by atoms with E-state index < -0.39 is 11.9 Å². The minimum absolute atomic E-state index is 0.0637. The molecule has 0 bridgehead atoms. The fourth-order valence-electron chi connectivity index (χ4n) is 2.49. The standard InChI is InChI=1S/C15H20O3.C10H10O3/c1-11(2)4-7-13(15(16)17)10-12-5-8-14(18-3)9-6-12;1-13-9(10(11)12)7-8-5-3-2-4-6-8/h5-6,8-11H,4,7H2,1-3H3,(H,16,17);2-7H,1H3,(H,11,12). The number of carboxylic acids is 2. The molecule has 2 N–H and O–H groups in total. The van der Waals surface area contributed by atoms with E-state index in [9.17, 15) is 9.59 Å². The van der Waals surface area contributed by atoms with Gasteiger partial charge in [-0.15, -0.1) is 0 Å². The fraction of sp³-hybridized carbons (Fsp3) is 0.280. The molecule has 0 aliphatic heterocycles. The Morgan fingerprint density at radius 2 is 1.45 bits per heavy atom. The van der Waals surface area contributed by atoms with E-state index in [-0.39, 0.29) is 5.76 Å². The molecule has 2 aromatic rings. The van der Waals surface area contributed by atoms with Gasteiger partial charge in [-0.05, 0) is 54.2 Å². The van der Waals surface area contributed by atoms with Crippen LogP contribution in [0.3, 0.4) is 0 Å². The molecule has 0 saturated carbocycles. The highest BCUT2D eigenvalue weighted by Crippen LogP contribution is 2.18. The van der Waals surface area contributed by atoms with E-state index in [1.165, 1.54) is 13.2 Å². The van der Waals surface area contributed by atoms with Gasteiger partial charge in [0, 0.05) is 5.57 Å². The number of methoxy groups -OCH3 is 2.